The molecule has 7 heteroatoms. The fourth-order valence-corrected chi connectivity index (χ4v) is 5.09. The van der Waals surface area contributed by atoms with Gasteiger partial charge in [-0.25, -0.2) is 4.98 Å². The lowest BCUT2D eigenvalue weighted by molar-refractivity contribution is -0.133. The van der Waals surface area contributed by atoms with Gasteiger partial charge in [0.15, 0.2) is 0 Å². The third kappa shape index (κ3) is 10.5. The van der Waals surface area contributed by atoms with E-state index >= 15 is 0 Å². The first-order valence-electron chi connectivity index (χ1n) is 15.0. The molecule has 1 heterocycles. The molecule has 2 rings (SSSR count). The highest BCUT2D eigenvalue weighted by molar-refractivity contribution is 5.78. The van der Waals surface area contributed by atoms with Gasteiger partial charge in [-0.05, 0) is 44.9 Å². The summed E-state index contributed by atoms with van der Waals surface area (Å²) in [5.74, 6) is 0.785. The Balaban J connectivity index is 2.13. The Morgan fingerprint density at radius 3 is 2.29 bits per heavy atom. The van der Waals surface area contributed by atoms with Crippen LogP contribution in [0.25, 0.3) is 10.9 Å². The van der Waals surface area contributed by atoms with E-state index in [1.807, 2.05) is 36.1 Å². The molecule has 1 aromatic carbocycles. The summed E-state index contributed by atoms with van der Waals surface area (Å²) in [6.07, 6.45) is 15.6. The molecule has 0 aliphatic carbocycles. The number of carbonyl (C=O) groups excluding carboxylic acids is 1. The number of ether oxygens (including phenoxy) is 1. The van der Waals surface area contributed by atoms with Crippen molar-refractivity contribution < 1.29 is 9.53 Å². The molecule has 0 unspecified atom stereocenters. The van der Waals surface area contributed by atoms with Gasteiger partial charge in [0.25, 0.3) is 5.56 Å². The zero-order chi connectivity index (χ0) is 27.6. The van der Waals surface area contributed by atoms with Crippen LogP contribution in [-0.4, -0.2) is 47.2 Å². The minimum absolute atomic E-state index is 0.0798. The topological polar surface area (TPSA) is 90.5 Å². The highest BCUT2D eigenvalue weighted by Gasteiger charge is 2.25. The largest absolute Gasteiger partial charge is 0.383 e. The van der Waals surface area contributed by atoms with Crippen LogP contribution in [0.15, 0.2) is 29.1 Å². The van der Waals surface area contributed by atoms with Crippen molar-refractivity contribution in [3.63, 3.8) is 0 Å². The monoisotopic (exact) mass is 528 g/mol. The maximum Gasteiger partial charge on any atom is 0.261 e. The van der Waals surface area contributed by atoms with Crippen molar-refractivity contribution >= 4 is 16.8 Å². The van der Waals surface area contributed by atoms with Crippen LogP contribution in [0, 0.1) is 0 Å². The lowest BCUT2D eigenvalue weighted by Crippen LogP contribution is -2.38. The van der Waals surface area contributed by atoms with Gasteiger partial charge in [-0.1, -0.05) is 83.3 Å². The van der Waals surface area contributed by atoms with E-state index in [-0.39, 0.29) is 17.5 Å². The first-order valence-corrected chi connectivity index (χ1v) is 15.0. The highest BCUT2D eigenvalue weighted by Crippen LogP contribution is 2.23. The summed E-state index contributed by atoms with van der Waals surface area (Å²) in [5, 5.41) is 0.592. The van der Waals surface area contributed by atoms with Crippen molar-refractivity contribution in [2.45, 2.75) is 116 Å². The Morgan fingerprint density at radius 2 is 1.61 bits per heavy atom. The van der Waals surface area contributed by atoms with Crippen LogP contribution >= 0.6 is 0 Å². The maximum atomic E-state index is 13.5. The number of hydrogen-bond acceptors (Lipinski definition) is 5. The molecule has 214 valence electrons. The second-order valence-corrected chi connectivity index (χ2v) is 10.5. The van der Waals surface area contributed by atoms with Crippen molar-refractivity contribution in [3.8, 4) is 0 Å². The van der Waals surface area contributed by atoms with E-state index in [4.69, 9.17) is 15.5 Å². The highest BCUT2D eigenvalue weighted by atomic mass is 16.5. The fraction of sp³-hybridized carbons (Fsp3) is 0.710. The number of hydrogen-bond donors (Lipinski definition) is 1. The smallest absolute Gasteiger partial charge is 0.261 e. The summed E-state index contributed by atoms with van der Waals surface area (Å²) in [5.41, 5.74) is 6.25. The molecular weight excluding hydrogens is 476 g/mol. The number of methoxy groups -OCH3 is 1. The van der Waals surface area contributed by atoms with Crippen LogP contribution in [0.4, 0.5) is 0 Å². The van der Waals surface area contributed by atoms with Gasteiger partial charge in [-0.15, -0.1) is 0 Å². The number of nitrogens with two attached hydrogens (primary N) is 1. The number of fused-ring (bicyclic) bond motifs is 1. The molecule has 1 atom stereocenters. The first-order chi connectivity index (χ1) is 18.5. The van der Waals surface area contributed by atoms with Crippen molar-refractivity contribution in [1.29, 1.82) is 0 Å². The second kappa shape index (κ2) is 18.9. The van der Waals surface area contributed by atoms with Crippen molar-refractivity contribution in [2.75, 3.05) is 26.8 Å². The van der Waals surface area contributed by atoms with Gasteiger partial charge in [-0.3, -0.25) is 14.2 Å². The molecule has 0 saturated carbocycles. The van der Waals surface area contributed by atoms with Crippen LogP contribution in [-0.2, 0) is 16.1 Å². The van der Waals surface area contributed by atoms with E-state index in [1.165, 1.54) is 44.9 Å². The minimum Gasteiger partial charge on any atom is -0.383 e. The summed E-state index contributed by atoms with van der Waals surface area (Å²) in [6, 6.07) is 7.14. The van der Waals surface area contributed by atoms with Gasteiger partial charge in [0.2, 0.25) is 5.91 Å². The van der Waals surface area contributed by atoms with Crippen LogP contribution in [0.3, 0.4) is 0 Å². The summed E-state index contributed by atoms with van der Waals surface area (Å²) >= 11 is 0. The molecule has 1 amide bonds. The summed E-state index contributed by atoms with van der Waals surface area (Å²) in [6.45, 7) is 6.43. The van der Waals surface area contributed by atoms with Gasteiger partial charge < -0.3 is 15.4 Å². The number of nitrogens with zero attached hydrogens (tertiary/aromatic N) is 3. The molecule has 0 spiro atoms. The van der Waals surface area contributed by atoms with E-state index in [2.05, 4.69) is 6.92 Å². The lowest BCUT2D eigenvalue weighted by atomic mass is 10.1. The fourth-order valence-electron chi connectivity index (χ4n) is 5.09. The zero-order valence-electron chi connectivity index (χ0n) is 24.3. The molecule has 0 aliphatic heterocycles. The molecule has 0 saturated heterocycles. The van der Waals surface area contributed by atoms with E-state index in [1.54, 1.807) is 11.7 Å². The number of aromatic nitrogens is 2. The molecule has 38 heavy (non-hydrogen) atoms. The van der Waals surface area contributed by atoms with Crippen molar-refractivity contribution in [3.05, 3.63) is 40.4 Å². The predicted octanol–water partition coefficient (Wildman–Crippen LogP) is 6.37. The van der Waals surface area contributed by atoms with Gasteiger partial charge in [0, 0.05) is 20.1 Å². The molecule has 1 aromatic heterocycles. The molecule has 0 radical (unpaired) electrons. The van der Waals surface area contributed by atoms with Gasteiger partial charge >= 0.3 is 0 Å². The first kappa shape index (κ1) is 32.0. The summed E-state index contributed by atoms with van der Waals surface area (Å²) in [4.78, 5) is 33.8. The average Bonchev–Trinajstić information content (AvgIpc) is 2.93. The predicted molar refractivity (Wildman–Crippen MR) is 157 cm³/mol. The molecule has 0 aliphatic rings. The molecule has 0 fully saturated rings. The normalized spacial score (nSPS) is 12.2. The lowest BCUT2D eigenvalue weighted by Gasteiger charge is -2.31. The number of amides is 1. The van der Waals surface area contributed by atoms with E-state index in [0.717, 1.165) is 38.5 Å². The van der Waals surface area contributed by atoms with Crippen molar-refractivity contribution in [2.24, 2.45) is 5.73 Å². The van der Waals surface area contributed by atoms with Crippen LogP contribution in [0.2, 0.25) is 0 Å². The molecule has 2 aromatic rings. The third-order valence-corrected chi connectivity index (χ3v) is 7.42. The standard InChI is InChI=1S/C31H52N4O3/c1-4-5-6-7-8-9-10-11-14-21-29(36)34(23-18-13-12-17-22-32)26(2)30-33-28-20-16-15-19-27(28)31(37)35(30)24-25-38-3/h15-16,19-20,26H,4-14,17-18,21-25,32H2,1-3H3/t26-/m0/s1. The number of para-hydroxylation sites is 1. The number of rotatable bonds is 21. The quantitative estimate of drug-likeness (QED) is 0.190. The minimum atomic E-state index is -0.301. The van der Waals surface area contributed by atoms with Crippen LogP contribution in [0.5, 0.6) is 0 Å². The van der Waals surface area contributed by atoms with Crippen LogP contribution in [0.1, 0.15) is 116 Å². The summed E-state index contributed by atoms with van der Waals surface area (Å²) in [7, 11) is 1.63. The third-order valence-electron chi connectivity index (χ3n) is 7.42. The van der Waals surface area contributed by atoms with Gasteiger partial charge in [0.1, 0.15) is 5.82 Å². The summed E-state index contributed by atoms with van der Waals surface area (Å²) < 4.78 is 6.99. The Bertz CT molecular complexity index is 991. The second-order valence-electron chi connectivity index (χ2n) is 10.5. The Morgan fingerprint density at radius 1 is 0.974 bits per heavy atom. The zero-order valence-corrected chi connectivity index (χ0v) is 24.3. The molecular formula is C31H52N4O3. The maximum absolute atomic E-state index is 13.5. The van der Waals surface area contributed by atoms with E-state index < -0.39 is 0 Å². The van der Waals surface area contributed by atoms with E-state index in [9.17, 15) is 9.59 Å². The van der Waals surface area contributed by atoms with E-state index in [0.29, 0.717) is 49.4 Å². The Kier molecular flexibility index (Phi) is 15.9. The number of benzene rings is 1. The molecule has 0 bridgehead atoms. The SMILES string of the molecule is CCCCCCCCCCCC(=O)N(CCCCCCN)[C@@H](C)c1nc2ccccc2c(=O)n1CCOC. The molecule has 7 nitrogen and oxygen atoms in total. The molecule has 2 N–H and O–H groups in total. The van der Waals surface area contributed by atoms with Gasteiger partial charge in [0.05, 0.1) is 30.1 Å². The average molecular weight is 529 g/mol. The number of unbranched alkanes of at least 4 members (excludes halogenated alkanes) is 11. The Labute approximate surface area is 230 Å². The Hall–Kier alpha value is -2.25. The van der Waals surface area contributed by atoms with Crippen molar-refractivity contribution in [1.82, 2.24) is 14.5 Å². The van der Waals surface area contributed by atoms with Crippen LogP contribution < -0.4 is 11.3 Å². The van der Waals surface area contributed by atoms with Gasteiger partial charge in [-0.2, -0.15) is 0 Å². The number of carbonyl (C=O) groups is 1.